The number of benzene rings is 2. The van der Waals surface area contributed by atoms with Crippen molar-refractivity contribution in [1.82, 2.24) is 0 Å². The Labute approximate surface area is 253 Å². The van der Waals surface area contributed by atoms with Gasteiger partial charge in [-0.1, -0.05) is 19.9 Å². The Morgan fingerprint density at radius 2 is 1.42 bits per heavy atom. The van der Waals surface area contributed by atoms with Crippen LogP contribution < -0.4 is 14.2 Å². The molecule has 0 unspecified atom stereocenters. The van der Waals surface area contributed by atoms with E-state index in [1.807, 2.05) is 12.1 Å². The molecule has 1 N–H and O–H groups in total. The fraction of sp³-hybridized carbons (Fsp3) is 0.622. The SMILES string of the molecule is C[C@]12CC[C@@H]3c4ccc(Oc5cc6c(c7c5[C@H]5CC[C@]8(C)C(=O)CC[C@H]8[C@@H]5CC7)OCO6)c(O)c4CC[C@H]3[C@@H]1CCC2=O. The Balaban J connectivity index is 1.07. The molecule has 0 aromatic heterocycles. The van der Waals surface area contributed by atoms with Gasteiger partial charge in [0, 0.05) is 46.4 Å². The molecule has 6 aliphatic carbocycles. The van der Waals surface area contributed by atoms with E-state index in [4.69, 9.17) is 14.2 Å². The van der Waals surface area contributed by atoms with Crippen molar-refractivity contribution in [2.45, 2.75) is 103 Å². The summed E-state index contributed by atoms with van der Waals surface area (Å²) in [7, 11) is 0. The second kappa shape index (κ2) is 9.01. The fourth-order valence-corrected chi connectivity index (χ4v) is 11.6. The summed E-state index contributed by atoms with van der Waals surface area (Å²) in [5, 5.41) is 11.7. The van der Waals surface area contributed by atoms with Crippen LogP contribution in [-0.4, -0.2) is 23.5 Å². The molecule has 0 bridgehead atoms. The number of ether oxygens (including phenoxy) is 3. The molecule has 2 aromatic rings. The van der Waals surface area contributed by atoms with E-state index in [1.54, 1.807) is 0 Å². The van der Waals surface area contributed by atoms with E-state index in [-0.39, 0.29) is 23.4 Å². The second-order valence-corrected chi connectivity index (χ2v) is 15.2. The number of phenolic OH excluding ortho intramolecular Hbond substituents is 1. The first-order valence-corrected chi connectivity index (χ1v) is 16.8. The summed E-state index contributed by atoms with van der Waals surface area (Å²) in [6.07, 6.45) is 11.1. The summed E-state index contributed by atoms with van der Waals surface area (Å²) in [5.41, 5.74) is 4.34. The van der Waals surface area contributed by atoms with Crippen LogP contribution in [-0.2, 0) is 22.4 Å². The maximum absolute atomic E-state index is 12.9. The average Bonchev–Trinajstić information content (AvgIpc) is 3.69. The van der Waals surface area contributed by atoms with E-state index < -0.39 is 0 Å². The lowest BCUT2D eigenvalue weighted by Gasteiger charge is -2.48. The van der Waals surface area contributed by atoms with Gasteiger partial charge in [-0.15, -0.1) is 0 Å². The van der Waals surface area contributed by atoms with Crippen molar-refractivity contribution < 1.29 is 28.9 Å². The molecule has 1 aliphatic heterocycles. The predicted octanol–water partition coefficient (Wildman–Crippen LogP) is 7.76. The van der Waals surface area contributed by atoms with E-state index >= 15 is 0 Å². The number of carbonyl (C=O) groups is 2. The molecule has 226 valence electrons. The molecule has 6 nitrogen and oxygen atoms in total. The zero-order valence-corrected chi connectivity index (χ0v) is 25.4. The Kier molecular flexibility index (Phi) is 5.53. The van der Waals surface area contributed by atoms with Gasteiger partial charge in [0.15, 0.2) is 23.0 Å². The Morgan fingerprint density at radius 3 is 2.14 bits per heavy atom. The van der Waals surface area contributed by atoms with Gasteiger partial charge in [-0.05, 0) is 111 Å². The van der Waals surface area contributed by atoms with Crippen LogP contribution in [0.4, 0.5) is 0 Å². The summed E-state index contributed by atoms with van der Waals surface area (Å²) in [6.45, 7) is 4.64. The van der Waals surface area contributed by atoms with E-state index in [1.165, 1.54) is 16.7 Å². The molecule has 0 spiro atoms. The van der Waals surface area contributed by atoms with Crippen molar-refractivity contribution >= 4 is 11.6 Å². The maximum Gasteiger partial charge on any atom is 0.231 e. The molecule has 43 heavy (non-hydrogen) atoms. The third kappa shape index (κ3) is 3.47. The number of aromatic hydroxyl groups is 1. The van der Waals surface area contributed by atoms with E-state index in [2.05, 4.69) is 19.9 Å². The zero-order chi connectivity index (χ0) is 29.2. The van der Waals surface area contributed by atoms with Gasteiger partial charge in [0.05, 0.1) is 0 Å². The molecule has 0 amide bonds. The number of phenols is 1. The number of fused-ring (bicyclic) bond motifs is 12. The minimum absolute atomic E-state index is 0.150. The average molecular weight is 583 g/mol. The highest BCUT2D eigenvalue weighted by Crippen LogP contribution is 2.64. The van der Waals surface area contributed by atoms with Crippen LogP contribution in [0.1, 0.15) is 112 Å². The first kappa shape index (κ1) is 26.4. The van der Waals surface area contributed by atoms with E-state index in [0.717, 1.165) is 93.4 Å². The number of carbonyl (C=O) groups excluding carboxylic acids is 2. The lowest BCUT2D eigenvalue weighted by molar-refractivity contribution is -0.130. The molecule has 8 atom stereocenters. The van der Waals surface area contributed by atoms with Crippen molar-refractivity contribution in [1.29, 1.82) is 0 Å². The number of Topliss-reactive ketones (excluding diaryl/α,β-unsaturated/α-hetero) is 2. The predicted molar refractivity (Wildman–Crippen MR) is 160 cm³/mol. The topological polar surface area (TPSA) is 82.1 Å². The van der Waals surface area contributed by atoms with Gasteiger partial charge in [0.2, 0.25) is 6.79 Å². The third-order valence-electron chi connectivity index (χ3n) is 13.8. The quantitative estimate of drug-likeness (QED) is 0.390. The van der Waals surface area contributed by atoms with Gasteiger partial charge in [0.1, 0.15) is 17.3 Å². The van der Waals surface area contributed by atoms with Gasteiger partial charge < -0.3 is 19.3 Å². The fourth-order valence-electron chi connectivity index (χ4n) is 11.6. The summed E-state index contributed by atoms with van der Waals surface area (Å²) >= 11 is 0. The van der Waals surface area contributed by atoms with Crippen LogP contribution in [0.15, 0.2) is 18.2 Å². The van der Waals surface area contributed by atoms with E-state index in [0.29, 0.717) is 59.2 Å². The Morgan fingerprint density at radius 1 is 0.767 bits per heavy atom. The molecule has 7 aliphatic rings. The Bertz CT molecular complexity index is 1580. The van der Waals surface area contributed by atoms with Crippen molar-refractivity contribution in [3.63, 3.8) is 0 Å². The third-order valence-corrected chi connectivity index (χ3v) is 13.8. The first-order valence-electron chi connectivity index (χ1n) is 16.8. The van der Waals surface area contributed by atoms with Crippen LogP contribution in [0.5, 0.6) is 28.7 Å². The molecule has 2 aromatic carbocycles. The van der Waals surface area contributed by atoms with Crippen molar-refractivity contribution in [2.24, 2.45) is 34.5 Å². The largest absolute Gasteiger partial charge is 0.504 e. The second-order valence-electron chi connectivity index (χ2n) is 15.2. The van der Waals surface area contributed by atoms with Gasteiger partial charge in [-0.25, -0.2) is 0 Å². The molecule has 4 saturated carbocycles. The maximum atomic E-state index is 12.9. The van der Waals surface area contributed by atoms with Crippen LogP contribution in [0.25, 0.3) is 0 Å². The molecule has 6 heteroatoms. The van der Waals surface area contributed by atoms with Crippen molar-refractivity contribution in [2.75, 3.05) is 6.79 Å². The highest BCUT2D eigenvalue weighted by atomic mass is 16.7. The molecular formula is C37H42O6. The molecular weight excluding hydrogens is 540 g/mol. The van der Waals surface area contributed by atoms with E-state index in [9.17, 15) is 14.7 Å². The highest BCUT2D eigenvalue weighted by Gasteiger charge is 2.56. The molecule has 1 heterocycles. The minimum atomic E-state index is -0.188. The molecule has 4 fully saturated rings. The van der Waals surface area contributed by atoms with Crippen molar-refractivity contribution in [3.8, 4) is 28.7 Å². The summed E-state index contributed by atoms with van der Waals surface area (Å²) < 4.78 is 18.6. The lowest BCUT2D eigenvalue weighted by atomic mass is 9.55. The monoisotopic (exact) mass is 582 g/mol. The van der Waals surface area contributed by atoms with Crippen LogP contribution in [0, 0.1) is 34.5 Å². The first-order chi connectivity index (χ1) is 20.8. The lowest BCUT2D eigenvalue weighted by Crippen LogP contribution is -2.42. The summed E-state index contributed by atoms with van der Waals surface area (Å²) in [6, 6.07) is 6.14. The van der Waals surface area contributed by atoms with Gasteiger partial charge in [-0.3, -0.25) is 9.59 Å². The van der Waals surface area contributed by atoms with Crippen LogP contribution >= 0.6 is 0 Å². The van der Waals surface area contributed by atoms with Gasteiger partial charge >= 0.3 is 0 Å². The standard InChI is InChI=1S/C37H42O6/c1-36-15-13-20-19-7-10-28(34(40)24(19)5-3-21(20)26(36)8-11-31(36)38)43-29-17-30-35(42-18-41-30)25-6-4-22-23(33(25)29)14-16-37(2)27(22)9-12-32(37)39/h7,10,17,20-23,26-27,40H,3-6,8-9,11-16,18H2,1-2H3/t20-,21-,22-,23+,26+,27+,36+,37+/m1/s1. The normalized spacial score (nSPS) is 38.5. The Hall–Kier alpha value is -3.02. The van der Waals surface area contributed by atoms with Crippen LogP contribution in [0.3, 0.4) is 0 Å². The molecule has 0 saturated heterocycles. The zero-order valence-electron chi connectivity index (χ0n) is 25.4. The van der Waals surface area contributed by atoms with Crippen LogP contribution in [0.2, 0.25) is 0 Å². The minimum Gasteiger partial charge on any atom is -0.504 e. The molecule has 0 radical (unpaired) electrons. The van der Waals surface area contributed by atoms with Gasteiger partial charge in [-0.2, -0.15) is 0 Å². The number of rotatable bonds is 2. The summed E-state index contributed by atoms with van der Waals surface area (Å²) in [4.78, 5) is 25.7. The summed E-state index contributed by atoms with van der Waals surface area (Å²) in [5.74, 6) is 6.59. The highest BCUT2D eigenvalue weighted by molar-refractivity contribution is 5.88. The van der Waals surface area contributed by atoms with Gasteiger partial charge in [0.25, 0.3) is 0 Å². The number of hydrogen-bond acceptors (Lipinski definition) is 6. The number of hydrogen-bond donors (Lipinski definition) is 1. The molecule has 9 rings (SSSR count). The number of ketones is 2. The van der Waals surface area contributed by atoms with Crippen molar-refractivity contribution in [3.05, 3.63) is 40.5 Å². The smallest absolute Gasteiger partial charge is 0.231 e.